The van der Waals surface area contributed by atoms with Crippen LogP contribution in [-0.4, -0.2) is 35.8 Å². The van der Waals surface area contributed by atoms with E-state index < -0.39 is 5.91 Å². The third-order valence-electron chi connectivity index (χ3n) is 5.69. The molecule has 1 aliphatic carbocycles. The van der Waals surface area contributed by atoms with Crippen LogP contribution >= 0.6 is 0 Å². The molecule has 0 radical (unpaired) electrons. The molecule has 5 nitrogen and oxygen atoms in total. The van der Waals surface area contributed by atoms with E-state index in [1.165, 1.54) is 32.1 Å². The minimum Gasteiger partial charge on any atom is -0.366 e. The van der Waals surface area contributed by atoms with Crippen LogP contribution in [0, 0.1) is 11.8 Å². The number of benzene rings is 1. The van der Waals surface area contributed by atoms with Crippen molar-refractivity contribution in [2.24, 2.45) is 17.6 Å². The number of nitrogens with one attached hydrogen (secondary N) is 1. The monoisotopic (exact) mass is 329 g/mol. The maximum atomic E-state index is 12.5. The number of carbonyl (C=O) groups excluding carboxylic acids is 2. The molecule has 5 heteroatoms. The summed E-state index contributed by atoms with van der Waals surface area (Å²) in [6.45, 7) is 4.03. The molecule has 2 aliphatic rings. The lowest BCUT2D eigenvalue weighted by Gasteiger charge is -2.43. The molecule has 130 valence electrons. The van der Waals surface area contributed by atoms with Gasteiger partial charge in [-0.1, -0.05) is 19.3 Å². The van der Waals surface area contributed by atoms with Gasteiger partial charge in [0, 0.05) is 17.8 Å². The first-order chi connectivity index (χ1) is 11.5. The zero-order valence-electron chi connectivity index (χ0n) is 14.3. The lowest BCUT2D eigenvalue weighted by atomic mass is 9.75. The van der Waals surface area contributed by atoms with Crippen LogP contribution in [0.5, 0.6) is 0 Å². The fourth-order valence-electron chi connectivity index (χ4n) is 4.11. The largest absolute Gasteiger partial charge is 0.366 e. The maximum Gasteiger partial charge on any atom is 0.248 e. The number of likely N-dealkylation sites (tertiary alicyclic amines) is 1. The van der Waals surface area contributed by atoms with Crippen molar-refractivity contribution in [3.63, 3.8) is 0 Å². The molecule has 1 aliphatic heterocycles. The molecule has 1 saturated heterocycles. The molecular formula is C19H27N3O2. The van der Waals surface area contributed by atoms with Gasteiger partial charge in [-0.2, -0.15) is 0 Å². The first-order valence-corrected chi connectivity index (χ1v) is 8.99. The van der Waals surface area contributed by atoms with Crippen molar-refractivity contribution >= 4 is 17.5 Å². The Hall–Kier alpha value is -1.88. The van der Waals surface area contributed by atoms with Crippen LogP contribution in [0.15, 0.2) is 24.3 Å². The van der Waals surface area contributed by atoms with Gasteiger partial charge in [-0.25, -0.2) is 0 Å². The summed E-state index contributed by atoms with van der Waals surface area (Å²) in [7, 11) is 0. The number of rotatable bonds is 4. The quantitative estimate of drug-likeness (QED) is 0.891. The van der Waals surface area contributed by atoms with Gasteiger partial charge >= 0.3 is 0 Å². The summed E-state index contributed by atoms with van der Waals surface area (Å²) in [5, 5.41) is 2.94. The Morgan fingerprint density at radius 3 is 2.46 bits per heavy atom. The van der Waals surface area contributed by atoms with Crippen LogP contribution in [0.25, 0.3) is 0 Å². The Morgan fingerprint density at radius 1 is 1.12 bits per heavy atom. The fraction of sp³-hybridized carbons (Fsp3) is 0.579. The normalized spacial score (nSPS) is 25.5. The van der Waals surface area contributed by atoms with Crippen LogP contribution in [0.2, 0.25) is 0 Å². The predicted molar refractivity (Wildman–Crippen MR) is 94.7 cm³/mol. The van der Waals surface area contributed by atoms with Crippen LogP contribution in [0.3, 0.4) is 0 Å². The van der Waals surface area contributed by atoms with Gasteiger partial charge in [0.15, 0.2) is 0 Å². The highest BCUT2D eigenvalue weighted by Crippen LogP contribution is 2.36. The number of nitrogens with two attached hydrogens (primary N) is 1. The number of hydrogen-bond donors (Lipinski definition) is 2. The highest BCUT2D eigenvalue weighted by atomic mass is 16.2. The Balaban J connectivity index is 1.57. The minimum atomic E-state index is -0.461. The van der Waals surface area contributed by atoms with Crippen molar-refractivity contribution in [3.8, 4) is 0 Å². The second-order valence-electron chi connectivity index (χ2n) is 7.20. The van der Waals surface area contributed by atoms with E-state index in [1.54, 1.807) is 24.3 Å². The fourth-order valence-corrected chi connectivity index (χ4v) is 4.11. The smallest absolute Gasteiger partial charge is 0.248 e. The number of primary amides is 1. The summed E-state index contributed by atoms with van der Waals surface area (Å²) in [5.41, 5.74) is 6.37. The predicted octanol–water partition coefficient (Wildman–Crippen LogP) is 2.62. The van der Waals surface area contributed by atoms with Crippen LogP contribution in [0.4, 0.5) is 5.69 Å². The van der Waals surface area contributed by atoms with E-state index in [1.807, 2.05) is 6.92 Å². The second kappa shape index (κ2) is 7.34. The molecule has 24 heavy (non-hydrogen) atoms. The number of carbonyl (C=O) groups is 2. The molecule has 3 N–H and O–H groups in total. The van der Waals surface area contributed by atoms with Gasteiger partial charge in [-0.3, -0.25) is 14.5 Å². The highest BCUT2D eigenvalue weighted by molar-refractivity contribution is 5.96. The molecular weight excluding hydrogens is 302 g/mol. The van der Waals surface area contributed by atoms with Crippen LogP contribution in [0.1, 0.15) is 49.4 Å². The van der Waals surface area contributed by atoms with Crippen molar-refractivity contribution in [2.75, 3.05) is 18.4 Å². The molecule has 1 aromatic carbocycles. The molecule has 2 amide bonds. The summed E-state index contributed by atoms with van der Waals surface area (Å²) < 4.78 is 0. The Bertz CT molecular complexity index is 599. The van der Waals surface area contributed by atoms with Gasteiger partial charge < -0.3 is 11.1 Å². The minimum absolute atomic E-state index is 0.0103. The Morgan fingerprint density at radius 2 is 1.79 bits per heavy atom. The van der Waals surface area contributed by atoms with Crippen molar-refractivity contribution in [1.29, 1.82) is 0 Å². The zero-order valence-corrected chi connectivity index (χ0v) is 14.3. The second-order valence-corrected chi connectivity index (χ2v) is 7.20. The number of piperidine rings is 1. The maximum absolute atomic E-state index is 12.5. The number of amides is 2. The first kappa shape index (κ1) is 17.0. The third-order valence-corrected chi connectivity index (χ3v) is 5.69. The number of fused-ring (bicyclic) bond motifs is 1. The van der Waals surface area contributed by atoms with Gasteiger partial charge in [0.1, 0.15) is 0 Å². The summed E-state index contributed by atoms with van der Waals surface area (Å²) in [4.78, 5) is 26.0. The van der Waals surface area contributed by atoms with E-state index in [4.69, 9.17) is 5.73 Å². The average Bonchev–Trinajstić information content (AvgIpc) is 2.61. The van der Waals surface area contributed by atoms with Gasteiger partial charge in [-0.15, -0.1) is 0 Å². The van der Waals surface area contributed by atoms with Crippen LogP contribution in [-0.2, 0) is 4.79 Å². The van der Waals surface area contributed by atoms with Crippen molar-refractivity contribution in [1.82, 2.24) is 4.90 Å². The molecule has 1 heterocycles. The van der Waals surface area contributed by atoms with E-state index in [2.05, 4.69) is 10.2 Å². The Kier molecular flexibility index (Phi) is 5.19. The Labute approximate surface area is 143 Å². The summed E-state index contributed by atoms with van der Waals surface area (Å²) in [6.07, 6.45) is 6.60. The molecule has 3 atom stereocenters. The summed E-state index contributed by atoms with van der Waals surface area (Å²) in [6, 6.07) is 6.58. The van der Waals surface area contributed by atoms with Gasteiger partial charge in [0.2, 0.25) is 11.8 Å². The molecule has 0 bridgehead atoms. The average molecular weight is 329 g/mol. The van der Waals surface area contributed by atoms with Gasteiger partial charge in [0.05, 0.1) is 6.04 Å². The number of anilines is 1. The molecule has 0 unspecified atom stereocenters. The standard InChI is InChI=1S/C19H27N3O2/c1-13(22-11-10-14-4-2-3-5-16(14)12-22)19(24)21-17-8-6-15(7-9-17)18(20)23/h6-9,13-14,16H,2-5,10-12H2,1H3,(H2,20,23)(H,21,24)/t13-,14+,16-/m1/s1. The molecule has 0 aromatic heterocycles. The van der Waals surface area contributed by atoms with Crippen LogP contribution < -0.4 is 11.1 Å². The molecule has 1 saturated carbocycles. The van der Waals surface area contributed by atoms with Crippen molar-refractivity contribution in [3.05, 3.63) is 29.8 Å². The number of nitrogens with zero attached hydrogens (tertiary/aromatic N) is 1. The van der Waals surface area contributed by atoms with Gasteiger partial charge in [0.25, 0.3) is 0 Å². The van der Waals surface area contributed by atoms with E-state index in [-0.39, 0.29) is 11.9 Å². The van der Waals surface area contributed by atoms with E-state index >= 15 is 0 Å². The SMILES string of the molecule is C[C@H](C(=O)Nc1ccc(C(N)=O)cc1)N1CC[C@@H]2CCCC[C@@H]2C1. The first-order valence-electron chi connectivity index (χ1n) is 8.99. The molecule has 1 aromatic rings. The molecule has 3 rings (SSSR count). The molecule has 2 fully saturated rings. The molecule has 0 spiro atoms. The van der Waals surface area contributed by atoms with E-state index in [0.29, 0.717) is 11.3 Å². The third kappa shape index (κ3) is 3.78. The lowest BCUT2D eigenvalue weighted by molar-refractivity contribution is -0.122. The summed E-state index contributed by atoms with van der Waals surface area (Å²) in [5.74, 6) is 1.18. The van der Waals surface area contributed by atoms with Gasteiger partial charge in [-0.05, 0) is 62.4 Å². The van der Waals surface area contributed by atoms with E-state index in [9.17, 15) is 9.59 Å². The number of hydrogen-bond acceptors (Lipinski definition) is 3. The highest BCUT2D eigenvalue weighted by Gasteiger charge is 2.34. The van der Waals surface area contributed by atoms with Crippen molar-refractivity contribution < 1.29 is 9.59 Å². The lowest BCUT2D eigenvalue weighted by Crippen LogP contribution is -2.49. The van der Waals surface area contributed by atoms with Crippen molar-refractivity contribution in [2.45, 2.75) is 45.1 Å². The van der Waals surface area contributed by atoms with E-state index in [0.717, 1.165) is 24.9 Å². The summed E-state index contributed by atoms with van der Waals surface area (Å²) >= 11 is 0. The topological polar surface area (TPSA) is 75.4 Å². The zero-order chi connectivity index (χ0) is 17.1.